The van der Waals surface area contributed by atoms with Crippen molar-refractivity contribution in [1.82, 2.24) is 4.98 Å². The lowest BCUT2D eigenvalue weighted by Gasteiger charge is -2.19. The van der Waals surface area contributed by atoms with Crippen LogP contribution in [0.3, 0.4) is 0 Å². The van der Waals surface area contributed by atoms with Crippen LogP contribution in [-0.4, -0.2) is 4.98 Å². The first-order valence-corrected chi connectivity index (χ1v) is 6.42. The molecule has 1 aromatic heterocycles. The molecule has 0 bridgehead atoms. The molecule has 0 aliphatic carbocycles. The van der Waals surface area contributed by atoms with Gasteiger partial charge in [0.1, 0.15) is 0 Å². The van der Waals surface area contributed by atoms with Gasteiger partial charge in [-0.2, -0.15) is 0 Å². The van der Waals surface area contributed by atoms with E-state index >= 15 is 0 Å². The molecule has 2 aromatic rings. The summed E-state index contributed by atoms with van der Waals surface area (Å²) >= 11 is 3.51. The van der Waals surface area contributed by atoms with Crippen LogP contribution in [-0.2, 0) is 5.41 Å². The average molecular weight is 294 g/mol. The number of H-pyrrole nitrogens is 1. The summed E-state index contributed by atoms with van der Waals surface area (Å²) in [4.78, 5) is 15.5. The molecular formula is C14H16BrNO. The van der Waals surface area contributed by atoms with Crippen molar-refractivity contribution < 1.29 is 0 Å². The van der Waals surface area contributed by atoms with E-state index in [0.717, 1.165) is 26.6 Å². The van der Waals surface area contributed by atoms with Crippen molar-refractivity contribution in [1.29, 1.82) is 0 Å². The van der Waals surface area contributed by atoms with Crippen LogP contribution < -0.4 is 5.43 Å². The highest BCUT2D eigenvalue weighted by atomic mass is 79.9. The summed E-state index contributed by atoms with van der Waals surface area (Å²) in [5.41, 5.74) is 2.94. The minimum atomic E-state index is -0.0579. The monoisotopic (exact) mass is 293 g/mol. The molecule has 0 saturated heterocycles. The topological polar surface area (TPSA) is 32.9 Å². The molecule has 2 nitrogen and oxygen atoms in total. The molecule has 2 rings (SSSR count). The first kappa shape index (κ1) is 12.4. The van der Waals surface area contributed by atoms with E-state index in [0.29, 0.717) is 0 Å². The lowest BCUT2D eigenvalue weighted by molar-refractivity contribution is 0.571. The van der Waals surface area contributed by atoms with Crippen LogP contribution >= 0.6 is 15.9 Å². The highest BCUT2D eigenvalue weighted by molar-refractivity contribution is 9.10. The van der Waals surface area contributed by atoms with Gasteiger partial charge in [-0.05, 0) is 40.5 Å². The van der Waals surface area contributed by atoms with Gasteiger partial charge in [-0.3, -0.25) is 4.79 Å². The SMILES string of the molecule is Cc1cc(Br)c2[nH]c(C(C)(C)C)cc(=O)c2c1. The van der Waals surface area contributed by atoms with Crippen LogP contribution in [0.25, 0.3) is 10.9 Å². The van der Waals surface area contributed by atoms with Crippen LogP contribution in [0.15, 0.2) is 27.5 Å². The van der Waals surface area contributed by atoms with Crippen LogP contribution in [0.2, 0.25) is 0 Å². The highest BCUT2D eigenvalue weighted by Gasteiger charge is 2.16. The van der Waals surface area contributed by atoms with E-state index in [1.165, 1.54) is 0 Å². The molecule has 3 heteroatoms. The quantitative estimate of drug-likeness (QED) is 0.785. The molecule has 0 aliphatic heterocycles. The van der Waals surface area contributed by atoms with Crippen molar-refractivity contribution in [3.63, 3.8) is 0 Å². The maximum Gasteiger partial charge on any atom is 0.189 e. The van der Waals surface area contributed by atoms with Gasteiger partial charge in [0.25, 0.3) is 0 Å². The lowest BCUT2D eigenvalue weighted by atomic mass is 9.91. The van der Waals surface area contributed by atoms with Crippen LogP contribution in [0.1, 0.15) is 32.0 Å². The second-order valence-corrected chi connectivity index (χ2v) is 6.32. The zero-order chi connectivity index (χ0) is 12.8. The van der Waals surface area contributed by atoms with E-state index in [4.69, 9.17) is 0 Å². The zero-order valence-electron chi connectivity index (χ0n) is 10.5. The van der Waals surface area contributed by atoms with Gasteiger partial charge in [0.15, 0.2) is 5.43 Å². The molecule has 0 saturated carbocycles. The van der Waals surface area contributed by atoms with E-state index in [9.17, 15) is 4.79 Å². The number of fused-ring (bicyclic) bond motifs is 1. The fourth-order valence-corrected chi connectivity index (χ4v) is 2.52. The molecule has 1 aromatic carbocycles. The van der Waals surface area contributed by atoms with Crippen molar-refractivity contribution in [3.05, 3.63) is 44.2 Å². The summed E-state index contributed by atoms with van der Waals surface area (Å²) in [5, 5.41) is 0.741. The predicted molar refractivity (Wildman–Crippen MR) is 75.7 cm³/mol. The lowest BCUT2D eigenvalue weighted by Crippen LogP contribution is -2.17. The first-order chi connectivity index (χ1) is 7.79. The Balaban J connectivity index is 2.88. The van der Waals surface area contributed by atoms with Gasteiger partial charge in [0.05, 0.1) is 5.52 Å². The number of hydrogen-bond donors (Lipinski definition) is 1. The van der Waals surface area contributed by atoms with Gasteiger partial charge in [-0.1, -0.05) is 20.8 Å². The van der Waals surface area contributed by atoms with Crippen molar-refractivity contribution in [3.8, 4) is 0 Å². The molecule has 0 unspecified atom stereocenters. The summed E-state index contributed by atoms with van der Waals surface area (Å²) < 4.78 is 0.940. The normalized spacial score (nSPS) is 12.1. The molecule has 90 valence electrons. The number of pyridine rings is 1. The van der Waals surface area contributed by atoms with E-state index in [1.807, 2.05) is 19.1 Å². The Morgan fingerprint density at radius 1 is 1.18 bits per heavy atom. The fourth-order valence-electron chi connectivity index (χ4n) is 1.85. The zero-order valence-corrected chi connectivity index (χ0v) is 12.1. The van der Waals surface area contributed by atoms with Crippen LogP contribution in [0, 0.1) is 6.92 Å². The van der Waals surface area contributed by atoms with Crippen molar-refractivity contribution in [2.24, 2.45) is 0 Å². The number of halogens is 1. The second-order valence-electron chi connectivity index (χ2n) is 5.47. The van der Waals surface area contributed by atoms with Gasteiger partial charge in [0, 0.05) is 27.0 Å². The van der Waals surface area contributed by atoms with E-state index in [2.05, 4.69) is 41.7 Å². The van der Waals surface area contributed by atoms with Gasteiger partial charge in [0.2, 0.25) is 0 Å². The molecule has 0 aliphatic rings. The second kappa shape index (κ2) is 3.98. The Morgan fingerprint density at radius 3 is 2.41 bits per heavy atom. The minimum absolute atomic E-state index is 0.0579. The molecule has 0 spiro atoms. The average Bonchev–Trinajstić information content (AvgIpc) is 2.17. The predicted octanol–water partition coefficient (Wildman–Crippen LogP) is 3.90. The number of nitrogens with one attached hydrogen (secondary N) is 1. The van der Waals surface area contributed by atoms with Gasteiger partial charge in [-0.15, -0.1) is 0 Å². The Morgan fingerprint density at radius 2 is 1.82 bits per heavy atom. The smallest absolute Gasteiger partial charge is 0.189 e. The van der Waals surface area contributed by atoms with E-state index < -0.39 is 0 Å². The number of rotatable bonds is 0. The van der Waals surface area contributed by atoms with E-state index in [-0.39, 0.29) is 10.8 Å². The van der Waals surface area contributed by atoms with Crippen molar-refractivity contribution in [2.45, 2.75) is 33.1 Å². The third-order valence-corrected chi connectivity index (χ3v) is 3.47. The number of aryl methyl sites for hydroxylation is 1. The molecule has 1 heterocycles. The maximum absolute atomic E-state index is 12.1. The summed E-state index contributed by atoms with van der Waals surface area (Å²) in [7, 11) is 0. The van der Waals surface area contributed by atoms with E-state index in [1.54, 1.807) is 6.07 Å². The third-order valence-electron chi connectivity index (χ3n) is 2.84. The first-order valence-electron chi connectivity index (χ1n) is 5.63. The number of aromatic amines is 1. The minimum Gasteiger partial charge on any atom is -0.357 e. The summed E-state index contributed by atoms with van der Waals surface area (Å²) in [6.45, 7) is 8.26. The molecular weight excluding hydrogens is 278 g/mol. The molecule has 0 radical (unpaired) electrons. The third kappa shape index (κ3) is 2.29. The van der Waals surface area contributed by atoms with Crippen LogP contribution in [0.4, 0.5) is 0 Å². The molecule has 0 fully saturated rings. The largest absolute Gasteiger partial charge is 0.357 e. The summed E-state index contributed by atoms with van der Waals surface area (Å²) in [6, 6.07) is 5.64. The maximum atomic E-state index is 12.1. The Hall–Kier alpha value is -1.09. The van der Waals surface area contributed by atoms with Crippen molar-refractivity contribution >= 4 is 26.8 Å². The molecule has 1 N–H and O–H groups in total. The van der Waals surface area contributed by atoms with Crippen LogP contribution in [0.5, 0.6) is 0 Å². The standard InChI is InChI=1S/C14H16BrNO/c1-8-5-9-11(17)7-12(14(2,3)4)16-13(9)10(15)6-8/h5-7H,1-4H3,(H,16,17). The van der Waals surface area contributed by atoms with Gasteiger partial charge >= 0.3 is 0 Å². The Bertz CT molecular complexity index is 635. The molecule has 17 heavy (non-hydrogen) atoms. The summed E-state index contributed by atoms with van der Waals surface area (Å²) in [5.74, 6) is 0. The number of hydrogen-bond acceptors (Lipinski definition) is 1. The van der Waals surface area contributed by atoms with Gasteiger partial charge in [-0.25, -0.2) is 0 Å². The van der Waals surface area contributed by atoms with Gasteiger partial charge < -0.3 is 4.98 Å². The fraction of sp³-hybridized carbons (Fsp3) is 0.357. The Kier molecular flexibility index (Phi) is 2.90. The Labute approximate surface area is 109 Å². The molecule has 0 atom stereocenters. The number of benzene rings is 1. The highest BCUT2D eigenvalue weighted by Crippen LogP contribution is 2.25. The van der Waals surface area contributed by atoms with Crippen molar-refractivity contribution in [2.75, 3.05) is 0 Å². The number of aromatic nitrogens is 1. The molecule has 0 amide bonds. The summed E-state index contributed by atoms with van der Waals surface area (Å²) in [6.07, 6.45) is 0.